The number of ether oxygens (including phenoxy) is 2. The van der Waals surface area contributed by atoms with E-state index in [1.807, 2.05) is 117 Å². The van der Waals surface area contributed by atoms with Crippen molar-refractivity contribution in [3.05, 3.63) is 279 Å². The number of likely N-dealkylation sites (tertiary alicyclic amines) is 1. The average Bonchev–Trinajstić information content (AvgIpc) is 0.812. The molecular weight excluding hydrogens is 1690 g/mol. The summed E-state index contributed by atoms with van der Waals surface area (Å²) in [6.07, 6.45) is 20.9. The molecule has 23 nitrogen and oxygen atoms in total. The number of benzene rings is 4. The number of esters is 2. The summed E-state index contributed by atoms with van der Waals surface area (Å²) in [5, 5.41) is 55.6. The number of hydrogen-bond acceptors (Lipinski definition) is 21. The number of carbonyl (C=O) groups is 6. The van der Waals surface area contributed by atoms with Crippen LogP contribution in [0.15, 0.2) is 217 Å². The summed E-state index contributed by atoms with van der Waals surface area (Å²) in [7, 11) is 2.10. The topological polar surface area (TPSA) is 324 Å². The van der Waals surface area contributed by atoms with Crippen molar-refractivity contribution in [3.63, 3.8) is 0 Å². The zero-order valence-corrected chi connectivity index (χ0v) is 75.5. The number of aliphatic hydroxyl groups is 2. The van der Waals surface area contributed by atoms with Crippen molar-refractivity contribution in [2.24, 2.45) is 0 Å². The number of ketones is 2. The van der Waals surface area contributed by atoms with E-state index in [2.05, 4.69) is 133 Å². The Morgan fingerprint density at radius 2 is 0.731 bits per heavy atom. The van der Waals surface area contributed by atoms with Gasteiger partial charge in [-0.25, -0.2) is 9.59 Å². The second kappa shape index (κ2) is 51.6. The number of aliphatic carboxylic acids is 1. The van der Waals surface area contributed by atoms with Gasteiger partial charge < -0.3 is 54.5 Å². The second-order valence-corrected chi connectivity index (χ2v) is 46.0. The maximum atomic E-state index is 12.1. The SMILES string of the molecule is CB(O)N1CCC(=C(Br)c2ccccc2)CC1.CB(O)N1CCC(=C(c2ccccc2)c2cncc(CO)c2)CC1.CC(=O)C(=O)N1CCC(=C(c2ccccc2)c2cncc(CO)c2)CC1.CC(=O)C(=O)O.CCOC(=O)c1cnc[c]([Sn]([CH3])([CH3])[CH3])c1.CCOC(=O)c1cncc(C(=C2CCN(B(C)O)CC2)c2ccccc2)c1.[B][P+](C)=O. The molecule has 0 spiro atoms. The Morgan fingerprint density at radius 3 is 1.03 bits per heavy atom. The minimum Gasteiger partial charge on any atom is -0.462 e. The van der Waals surface area contributed by atoms with E-state index in [9.17, 15) is 58.6 Å². The third-order valence-corrected chi connectivity index (χ3v) is 26.6. The summed E-state index contributed by atoms with van der Waals surface area (Å²) in [6, 6.07) is 48.8. The molecule has 0 aliphatic carbocycles. The van der Waals surface area contributed by atoms with Crippen LogP contribution >= 0.6 is 23.6 Å². The Bertz CT molecular complexity index is 4720. The normalized spacial score (nSPS) is 14.1. The van der Waals surface area contributed by atoms with Crippen LogP contribution in [-0.4, -0.2) is 224 Å². The van der Waals surface area contributed by atoms with E-state index >= 15 is 0 Å². The fourth-order valence-electron chi connectivity index (χ4n) is 13.5. The molecule has 119 heavy (non-hydrogen) atoms. The van der Waals surface area contributed by atoms with Gasteiger partial charge in [0.25, 0.3) is 13.6 Å². The third-order valence-electron chi connectivity index (χ3n) is 19.8. The number of Topliss-reactive ketones (excluding diaryl/α,β-unsaturated/α-hetero) is 2. The molecule has 6 N–H and O–H groups in total. The Kier molecular flexibility index (Phi) is 42.8. The van der Waals surface area contributed by atoms with Crippen molar-refractivity contribution in [2.75, 3.05) is 72.2 Å². The van der Waals surface area contributed by atoms with E-state index in [0.29, 0.717) is 50.3 Å². The molecule has 12 rings (SSSR count). The van der Waals surface area contributed by atoms with Gasteiger partial charge in [-0.05, 0) is 186 Å². The summed E-state index contributed by atoms with van der Waals surface area (Å²) in [5.41, 5.74) is 19.0. The molecule has 8 heterocycles. The van der Waals surface area contributed by atoms with Gasteiger partial charge in [0, 0.05) is 85.3 Å². The van der Waals surface area contributed by atoms with Crippen LogP contribution in [0, 0.1) is 0 Å². The molecule has 1 atom stereocenters. The molecule has 0 bridgehead atoms. The number of piperidine rings is 4. The number of pyridine rings is 4. The van der Waals surface area contributed by atoms with E-state index in [0.717, 1.165) is 135 Å². The predicted molar refractivity (Wildman–Crippen MR) is 481 cm³/mol. The van der Waals surface area contributed by atoms with Gasteiger partial charge in [-0.1, -0.05) is 160 Å². The van der Waals surface area contributed by atoms with Gasteiger partial charge in [-0.15, -0.1) is 4.57 Å². The Morgan fingerprint density at radius 1 is 0.445 bits per heavy atom. The van der Waals surface area contributed by atoms with Crippen LogP contribution in [0.25, 0.3) is 21.2 Å². The molecule has 30 heteroatoms. The number of hydrogen-bond donors (Lipinski definition) is 6. The van der Waals surface area contributed by atoms with Crippen molar-refractivity contribution >= 4 is 131 Å². The van der Waals surface area contributed by atoms with Crippen LogP contribution in [0.1, 0.15) is 150 Å². The van der Waals surface area contributed by atoms with E-state index in [4.69, 9.17) is 14.6 Å². The molecule has 0 saturated carbocycles. The smallest absolute Gasteiger partial charge is 0.462 e. The Labute approximate surface area is 716 Å². The molecule has 624 valence electrons. The molecule has 1 amide bonds. The maximum absolute atomic E-state index is 12.1. The molecule has 4 aliphatic rings. The third kappa shape index (κ3) is 32.8. The molecular formula is C89H111B4BrN8O15PSn+. The summed E-state index contributed by atoms with van der Waals surface area (Å²) in [5.74, 6) is -3.66. The van der Waals surface area contributed by atoms with E-state index in [1.54, 1.807) is 56.6 Å². The number of carboxylic acids is 1. The molecule has 4 aromatic heterocycles. The van der Waals surface area contributed by atoms with Gasteiger partial charge in [0.1, 0.15) is 6.66 Å². The second-order valence-electron chi connectivity index (χ2n) is 29.7. The van der Waals surface area contributed by atoms with Gasteiger partial charge >= 0.3 is 135 Å². The largest absolute Gasteiger partial charge is 0.502 e. The summed E-state index contributed by atoms with van der Waals surface area (Å²) in [6.45, 7) is 19.8. The van der Waals surface area contributed by atoms with Gasteiger partial charge in [0.2, 0.25) is 11.6 Å². The zero-order chi connectivity index (χ0) is 87.1. The van der Waals surface area contributed by atoms with E-state index < -0.39 is 63.6 Å². The minimum absolute atomic E-state index is 0.00590. The fourth-order valence-corrected chi connectivity index (χ4v) is 17.2. The van der Waals surface area contributed by atoms with Crippen LogP contribution in [0.2, 0.25) is 35.3 Å². The van der Waals surface area contributed by atoms with E-state index in [1.165, 1.54) is 60.6 Å². The Hall–Kier alpha value is -9.02. The molecule has 4 aliphatic heterocycles. The van der Waals surface area contributed by atoms with Crippen molar-refractivity contribution in [1.29, 1.82) is 0 Å². The van der Waals surface area contributed by atoms with Crippen LogP contribution in [0.3, 0.4) is 0 Å². The van der Waals surface area contributed by atoms with Crippen molar-refractivity contribution in [1.82, 2.24) is 39.3 Å². The van der Waals surface area contributed by atoms with Crippen molar-refractivity contribution in [3.8, 4) is 0 Å². The van der Waals surface area contributed by atoms with Crippen LogP contribution < -0.4 is 3.58 Å². The number of aromatic nitrogens is 4. The standard InChI is InChI=1S/C21H25BN2O3.C21H22N2O3.C19H23BN2O2.C13H17BBrNO.C8H8NO2.C3H4O3.CH3BOP.3CH3.Sn/c1-3-27-21(25)19-13-18(14-23-15-19)20(16-7-5-4-6-8-16)17-9-11-24(12-10-17)22(2)26;1-15(25)21(26)23-9-7-18(8-10-23)20(17-5-3-2-4-6-17)19-11-16(14-24)12-22-13-19;1-20(24)22-9-7-17(8-10-22)19(16-5-3-2-4-6-16)18-11-15(14-23)12-21-13-18;1-14(17)16-9-7-12(8-10-16)13(15)11-5-3-2-4-6-11;1-2-11-8(10)7-4-3-5-9-6-7;1-2(4)3(5)6;1-4(2)3;;;;/h4-8,13-15,26H,3,9-12H2,1-2H3;2-6,11-13,24H,7-10,14H2,1H3;2-6,11-13,23-24H,7-10,14H2,1H3;2-6,17H,7-10H2,1H3;4-6H,2H2,1H3;1H3,(H,5,6);1H3;3*1H3;/q;;;;;;+1;;;;. The van der Waals surface area contributed by atoms with Gasteiger partial charge in [-0.2, -0.15) is 0 Å². The van der Waals surface area contributed by atoms with Crippen LogP contribution in [-0.2, 0) is 46.4 Å². The first-order chi connectivity index (χ1) is 56.9. The van der Waals surface area contributed by atoms with Crippen LogP contribution in [0.4, 0.5) is 0 Å². The van der Waals surface area contributed by atoms with Gasteiger partial charge in [0.05, 0.1) is 25.4 Å². The number of nitrogens with zero attached hydrogens (tertiary/aromatic N) is 8. The number of carboxylic acid groups (broad SMARTS) is 1. The minimum atomic E-state index is -2.12. The number of carbonyl (C=O) groups excluding carboxylic acids is 5. The predicted octanol–water partition coefficient (Wildman–Crippen LogP) is 13.4. The van der Waals surface area contributed by atoms with Gasteiger partial charge in [-0.3, -0.25) is 29.3 Å². The maximum Gasteiger partial charge on any atom is 0.502 e. The first-order valence-electron chi connectivity index (χ1n) is 40.0. The molecule has 1 unspecified atom stereocenters. The molecule has 8 aromatic rings. The summed E-state index contributed by atoms with van der Waals surface area (Å²) in [4.78, 5) is 97.5. The molecule has 2 radical (unpaired) electrons. The first-order valence-corrected chi connectivity index (χ1v) is 52.5. The molecule has 4 aromatic carbocycles. The quantitative estimate of drug-likeness (QED) is 0.0190. The average molecular weight is 1810 g/mol. The van der Waals surface area contributed by atoms with E-state index in [-0.39, 0.29) is 32.2 Å². The zero-order valence-electron chi connectivity index (χ0n) is 70.2. The van der Waals surface area contributed by atoms with Crippen molar-refractivity contribution < 1.29 is 73.2 Å². The summed E-state index contributed by atoms with van der Waals surface area (Å²) >= 11 is 1.58. The number of rotatable bonds is 19. The number of halogens is 1. The van der Waals surface area contributed by atoms with Gasteiger partial charge in [0.15, 0.2) is 0 Å². The Balaban J connectivity index is 0.000000227. The van der Waals surface area contributed by atoms with Crippen LogP contribution in [0.5, 0.6) is 0 Å². The number of aliphatic hydroxyl groups excluding tert-OH is 2. The molecule has 4 fully saturated rings. The number of amides is 1. The van der Waals surface area contributed by atoms with Crippen molar-refractivity contribution in [2.45, 2.75) is 128 Å². The monoisotopic (exact) mass is 1810 g/mol. The first kappa shape index (κ1) is 98.8. The summed E-state index contributed by atoms with van der Waals surface area (Å²) < 4.78 is 21.9. The fraction of sp³-hybridized carbons (Fsp3) is 0.348. The molecule has 4 saturated heterocycles.